The molecule has 0 saturated carbocycles. The Morgan fingerprint density at radius 2 is 0.482 bits per heavy atom. The average molecular weight is 1160 g/mol. The lowest BCUT2D eigenvalue weighted by Gasteiger charge is -2.18. The number of carbonyl (C=O) groups excluding carboxylic acids is 3. The zero-order valence-electron chi connectivity index (χ0n) is 55.2. The van der Waals surface area contributed by atoms with Crippen LogP contribution in [0.1, 0.15) is 367 Å². The highest BCUT2D eigenvalue weighted by atomic mass is 16.6. The molecule has 0 amide bonds. The minimum atomic E-state index is -0.779. The molecule has 0 radical (unpaired) electrons. The lowest BCUT2D eigenvalue weighted by molar-refractivity contribution is -0.167. The fraction of sp³-hybridized carbons (Fsp3) is 0.779. The molecule has 480 valence electrons. The van der Waals surface area contributed by atoms with Crippen LogP contribution in [0.2, 0.25) is 0 Å². The van der Waals surface area contributed by atoms with Crippen LogP contribution in [0.5, 0.6) is 0 Å². The van der Waals surface area contributed by atoms with E-state index in [9.17, 15) is 14.4 Å². The first kappa shape index (κ1) is 79.6. The number of esters is 3. The second-order valence-electron chi connectivity index (χ2n) is 24.1. The molecule has 6 nitrogen and oxygen atoms in total. The van der Waals surface area contributed by atoms with E-state index in [1.807, 2.05) is 0 Å². The molecule has 0 spiro atoms. The molecular weight excluding hydrogens is 1020 g/mol. The summed E-state index contributed by atoms with van der Waals surface area (Å²) in [6.07, 6.45) is 94.8. The van der Waals surface area contributed by atoms with Gasteiger partial charge in [-0.05, 0) is 89.9 Å². The number of hydrogen-bond donors (Lipinski definition) is 0. The van der Waals surface area contributed by atoms with E-state index in [-0.39, 0.29) is 31.1 Å². The van der Waals surface area contributed by atoms with Crippen molar-refractivity contribution in [3.8, 4) is 0 Å². The van der Waals surface area contributed by atoms with E-state index >= 15 is 0 Å². The molecule has 0 heterocycles. The van der Waals surface area contributed by atoms with Crippen LogP contribution >= 0.6 is 0 Å². The molecule has 1 atom stereocenters. The Balaban J connectivity index is 4.18. The van der Waals surface area contributed by atoms with Gasteiger partial charge >= 0.3 is 17.9 Å². The topological polar surface area (TPSA) is 78.9 Å². The van der Waals surface area contributed by atoms with E-state index < -0.39 is 6.10 Å². The van der Waals surface area contributed by atoms with Gasteiger partial charge in [0.25, 0.3) is 0 Å². The smallest absolute Gasteiger partial charge is 0.306 e. The summed E-state index contributed by atoms with van der Waals surface area (Å²) >= 11 is 0. The maximum absolute atomic E-state index is 12.9. The quantitative estimate of drug-likeness (QED) is 0.0261. The first-order valence-electron chi connectivity index (χ1n) is 36.1. The minimum Gasteiger partial charge on any atom is -0.462 e. The highest BCUT2D eigenvalue weighted by Gasteiger charge is 2.19. The first-order valence-corrected chi connectivity index (χ1v) is 36.1. The fourth-order valence-electron chi connectivity index (χ4n) is 10.5. The summed E-state index contributed by atoms with van der Waals surface area (Å²) in [5.41, 5.74) is 0. The fourth-order valence-corrected chi connectivity index (χ4v) is 10.5. The number of rotatable bonds is 66. The molecule has 1 unspecified atom stereocenters. The van der Waals surface area contributed by atoms with E-state index in [0.717, 1.165) is 103 Å². The number of ether oxygens (including phenoxy) is 3. The van der Waals surface area contributed by atoms with Crippen molar-refractivity contribution in [2.45, 2.75) is 374 Å². The van der Waals surface area contributed by atoms with E-state index in [1.165, 1.54) is 225 Å². The van der Waals surface area contributed by atoms with Gasteiger partial charge in [-0.2, -0.15) is 0 Å². The van der Waals surface area contributed by atoms with Gasteiger partial charge in [0, 0.05) is 19.3 Å². The Bertz CT molecular complexity index is 1570. The predicted molar refractivity (Wildman–Crippen MR) is 362 cm³/mol. The number of carbonyl (C=O) groups is 3. The molecule has 0 bridgehead atoms. The van der Waals surface area contributed by atoms with Crippen LogP contribution in [0.25, 0.3) is 0 Å². The Labute approximate surface area is 515 Å². The number of allylic oxidation sites excluding steroid dienone is 14. The first-order chi connectivity index (χ1) is 41.0. The van der Waals surface area contributed by atoms with Crippen LogP contribution in [0.3, 0.4) is 0 Å². The maximum Gasteiger partial charge on any atom is 0.306 e. The van der Waals surface area contributed by atoms with Crippen molar-refractivity contribution in [3.05, 3.63) is 85.1 Å². The van der Waals surface area contributed by atoms with Crippen LogP contribution in [-0.4, -0.2) is 37.2 Å². The number of hydrogen-bond acceptors (Lipinski definition) is 6. The Morgan fingerprint density at radius 3 is 0.783 bits per heavy atom. The monoisotopic (exact) mass is 1160 g/mol. The third kappa shape index (κ3) is 69.3. The molecule has 0 aromatic rings. The van der Waals surface area contributed by atoms with Crippen molar-refractivity contribution < 1.29 is 28.6 Å². The highest BCUT2D eigenvalue weighted by molar-refractivity contribution is 5.71. The average Bonchev–Trinajstić information content (AvgIpc) is 3.48. The van der Waals surface area contributed by atoms with Crippen LogP contribution in [-0.2, 0) is 28.6 Å². The van der Waals surface area contributed by atoms with Crippen molar-refractivity contribution in [3.63, 3.8) is 0 Å². The summed E-state index contributed by atoms with van der Waals surface area (Å²) < 4.78 is 17.0. The third-order valence-electron chi connectivity index (χ3n) is 15.9. The van der Waals surface area contributed by atoms with Crippen molar-refractivity contribution in [1.29, 1.82) is 0 Å². The zero-order chi connectivity index (χ0) is 59.9. The van der Waals surface area contributed by atoms with Crippen LogP contribution in [0, 0.1) is 0 Å². The summed E-state index contributed by atoms with van der Waals surface area (Å²) in [6.45, 7) is 6.53. The molecule has 0 saturated heterocycles. The lowest BCUT2D eigenvalue weighted by atomic mass is 10.0. The van der Waals surface area contributed by atoms with Crippen molar-refractivity contribution in [1.82, 2.24) is 0 Å². The summed E-state index contributed by atoms with van der Waals surface area (Å²) in [7, 11) is 0. The third-order valence-corrected chi connectivity index (χ3v) is 15.9. The van der Waals surface area contributed by atoms with E-state index in [0.29, 0.717) is 19.3 Å². The van der Waals surface area contributed by atoms with Gasteiger partial charge < -0.3 is 14.2 Å². The highest BCUT2D eigenvalue weighted by Crippen LogP contribution is 2.18. The molecule has 0 aromatic carbocycles. The minimum absolute atomic E-state index is 0.0758. The summed E-state index contributed by atoms with van der Waals surface area (Å²) in [5, 5.41) is 0. The molecule has 0 aliphatic carbocycles. The van der Waals surface area contributed by atoms with E-state index in [2.05, 4.69) is 106 Å². The standard InChI is InChI=1S/C77H136O6/c1-4-7-10-13-16-19-22-24-26-28-30-32-34-35-36-37-38-39-40-41-43-44-46-48-50-52-55-58-61-64-67-70-76(79)82-73-74(72-81-75(78)69-66-63-60-57-54-21-18-15-12-9-6-3)83-77(80)71-68-65-62-59-56-53-51-49-47-45-42-33-31-29-27-25-23-20-17-14-11-8-5-2/h7,10,15-16,18-19,24,26,30,32,35-36,38-39,74H,4-6,8-9,11-14,17,20-23,25,27-29,31,33-34,37,40-73H2,1-3H3/b10-7-,18-15-,19-16-,26-24-,32-30-,36-35-,39-38-. The van der Waals surface area contributed by atoms with Crippen LogP contribution in [0.15, 0.2) is 85.1 Å². The Morgan fingerprint density at radius 1 is 0.253 bits per heavy atom. The van der Waals surface area contributed by atoms with Gasteiger partial charge in [-0.3, -0.25) is 14.4 Å². The van der Waals surface area contributed by atoms with E-state index in [1.54, 1.807) is 0 Å². The van der Waals surface area contributed by atoms with Gasteiger partial charge in [-0.15, -0.1) is 0 Å². The molecule has 0 aliphatic heterocycles. The molecule has 83 heavy (non-hydrogen) atoms. The predicted octanol–water partition coefficient (Wildman–Crippen LogP) is 25.0. The summed E-state index contributed by atoms with van der Waals surface area (Å²) in [5.74, 6) is -0.867. The molecule has 0 N–H and O–H groups in total. The van der Waals surface area contributed by atoms with Gasteiger partial charge in [-0.25, -0.2) is 0 Å². The molecule has 0 fully saturated rings. The Kier molecular flexibility index (Phi) is 68.2. The van der Waals surface area contributed by atoms with Gasteiger partial charge in [0.15, 0.2) is 6.10 Å². The van der Waals surface area contributed by atoms with E-state index in [4.69, 9.17) is 14.2 Å². The lowest BCUT2D eigenvalue weighted by Crippen LogP contribution is -2.30. The summed E-state index contributed by atoms with van der Waals surface area (Å²) in [4.78, 5) is 38.4. The maximum atomic E-state index is 12.9. The largest absolute Gasteiger partial charge is 0.462 e. The van der Waals surface area contributed by atoms with Gasteiger partial charge in [0.05, 0.1) is 0 Å². The molecule has 0 aliphatic rings. The normalized spacial score (nSPS) is 12.6. The van der Waals surface area contributed by atoms with Crippen LogP contribution < -0.4 is 0 Å². The second-order valence-corrected chi connectivity index (χ2v) is 24.1. The van der Waals surface area contributed by atoms with Crippen molar-refractivity contribution >= 4 is 17.9 Å². The molecule has 0 rings (SSSR count). The van der Waals surface area contributed by atoms with Crippen LogP contribution in [0.4, 0.5) is 0 Å². The van der Waals surface area contributed by atoms with Gasteiger partial charge in [0.1, 0.15) is 13.2 Å². The molecule has 6 heteroatoms. The van der Waals surface area contributed by atoms with Gasteiger partial charge in [0.2, 0.25) is 0 Å². The van der Waals surface area contributed by atoms with Crippen molar-refractivity contribution in [2.24, 2.45) is 0 Å². The summed E-state index contributed by atoms with van der Waals surface area (Å²) in [6, 6.07) is 0. The molecular formula is C77H136O6. The molecule has 0 aromatic heterocycles. The van der Waals surface area contributed by atoms with Crippen molar-refractivity contribution in [2.75, 3.05) is 13.2 Å². The van der Waals surface area contributed by atoms with Gasteiger partial charge in [-0.1, -0.05) is 343 Å². The zero-order valence-corrected chi connectivity index (χ0v) is 55.2. The Hall–Kier alpha value is -3.41. The number of unbranched alkanes of at least 4 members (excludes halogenated alkanes) is 41. The second kappa shape index (κ2) is 71.1. The SMILES string of the molecule is CC/C=C\C/C=C\C/C=C\C/C=C\C/C=C\C/C=C\CCCCCCCCCCCCCCC(=O)OCC(COC(=O)CCCCCCC/C=C\CCCC)OC(=O)CCCCCCCCCCCCCCCCCCCCCCCCC.